The van der Waals surface area contributed by atoms with Gasteiger partial charge < -0.3 is 10.1 Å². The molecule has 2 fully saturated rings. The third-order valence-electron chi connectivity index (χ3n) is 5.75. The van der Waals surface area contributed by atoms with Crippen LogP contribution in [0.15, 0.2) is 42.6 Å². The van der Waals surface area contributed by atoms with Crippen molar-refractivity contribution in [3.8, 4) is 0 Å². The van der Waals surface area contributed by atoms with Gasteiger partial charge in [0.1, 0.15) is 11.8 Å². The zero-order chi connectivity index (χ0) is 21.1. The van der Waals surface area contributed by atoms with Crippen LogP contribution in [0.1, 0.15) is 48.2 Å². The van der Waals surface area contributed by atoms with Crippen molar-refractivity contribution in [2.24, 2.45) is 0 Å². The first-order chi connectivity index (χ1) is 14.5. The lowest BCUT2D eigenvalue weighted by molar-refractivity contribution is -0.127. The van der Waals surface area contributed by atoms with E-state index in [1.807, 2.05) is 18.2 Å². The molecule has 8 heteroatoms. The van der Waals surface area contributed by atoms with Gasteiger partial charge in [-0.1, -0.05) is 35.7 Å². The van der Waals surface area contributed by atoms with Gasteiger partial charge in [-0.2, -0.15) is 0 Å². The van der Waals surface area contributed by atoms with Crippen LogP contribution in [-0.4, -0.2) is 40.1 Å². The Bertz CT molecular complexity index is 932. The minimum absolute atomic E-state index is 0.168. The molecule has 1 aliphatic carbocycles. The average Bonchev–Trinajstić information content (AvgIpc) is 3.13. The molecule has 1 aromatic heterocycles. The fraction of sp³-hybridized carbons (Fsp3) is 0.409. The molecule has 2 aromatic rings. The van der Waals surface area contributed by atoms with E-state index in [0.717, 1.165) is 25.0 Å². The molecule has 2 aliphatic rings. The summed E-state index contributed by atoms with van der Waals surface area (Å²) in [4.78, 5) is 32.4. The molecule has 1 aromatic carbocycles. The maximum Gasteiger partial charge on any atom is 0.256 e. The lowest BCUT2D eigenvalue weighted by atomic mass is 9.89. The number of rotatable bonds is 4. The number of carbonyl (C=O) groups is 2. The zero-order valence-electron chi connectivity index (χ0n) is 16.4. The van der Waals surface area contributed by atoms with Gasteiger partial charge in [0.15, 0.2) is 0 Å². The number of nitrogens with one attached hydrogen (secondary N) is 1. The Labute approximate surface area is 185 Å². The molecular formula is C22H23Cl2N3O3. The smallest absolute Gasteiger partial charge is 0.256 e. The number of benzene rings is 1. The first-order valence-electron chi connectivity index (χ1n) is 10.1. The van der Waals surface area contributed by atoms with Crippen molar-refractivity contribution in [1.82, 2.24) is 15.2 Å². The molecular weight excluding hydrogens is 425 g/mol. The molecule has 1 saturated heterocycles. The topological polar surface area (TPSA) is 71.5 Å². The summed E-state index contributed by atoms with van der Waals surface area (Å²) in [5.41, 5.74) is 0.385. The van der Waals surface area contributed by atoms with Crippen molar-refractivity contribution in [2.75, 3.05) is 6.61 Å². The van der Waals surface area contributed by atoms with Crippen LogP contribution in [-0.2, 0) is 16.1 Å². The monoisotopic (exact) mass is 447 g/mol. The van der Waals surface area contributed by atoms with E-state index in [9.17, 15) is 9.59 Å². The fourth-order valence-corrected chi connectivity index (χ4v) is 4.54. The van der Waals surface area contributed by atoms with Crippen LogP contribution in [0.2, 0.25) is 10.0 Å². The van der Waals surface area contributed by atoms with Gasteiger partial charge in [0, 0.05) is 11.8 Å². The number of carbonyl (C=O) groups excluding carboxylic acids is 2. The first-order valence-corrected chi connectivity index (χ1v) is 10.9. The Kier molecular flexibility index (Phi) is 6.27. The Morgan fingerprint density at radius 1 is 1.13 bits per heavy atom. The SMILES string of the molecule is O=C(NCc1ccccn1)[C@H]1COC2(CCCCC2)N1C(=O)c1ccc(Cl)c(Cl)c1. The highest BCUT2D eigenvalue weighted by atomic mass is 35.5. The predicted octanol–water partition coefficient (Wildman–Crippen LogP) is 4.21. The number of hydrogen-bond acceptors (Lipinski definition) is 4. The van der Waals surface area contributed by atoms with Gasteiger partial charge in [-0.05, 0) is 56.0 Å². The number of nitrogens with zero attached hydrogens (tertiary/aromatic N) is 2. The number of aromatic nitrogens is 1. The van der Waals surface area contributed by atoms with E-state index >= 15 is 0 Å². The van der Waals surface area contributed by atoms with Gasteiger partial charge in [0.2, 0.25) is 5.91 Å². The lowest BCUT2D eigenvalue weighted by Crippen LogP contribution is -2.56. The highest BCUT2D eigenvalue weighted by molar-refractivity contribution is 6.42. The van der Waals surface area contributed by atoms with E-state index in [2.05, 4.69) is 10.3 Å². The summed E-state index contributed by atoms with van der Waals surface area (Å²) in [5.74, 6) is -0.525. The van der Waals surface area contributed by atoms with E-state index in [1.165, 1.54) is 0 Å². The number of amides is 2. The second kappa shape index (κ2) is 8.92. The Balaban J connectivity index is 1.59. The van der Waals surface area contributed by atoms with E-state index in [1.54, 1.807) is 29.3 Å². The van der Waals surface area contributed by atoms with Gasteiger partial charge in [-0.3, -0.25) is 19.5 Å². The number of ether oxygens (including phenoxy) is 1. The molecule has 2 heterocycles. The normalized spacial score (nSPS) is 20.3. The van der Waals surface area contributed by atoms with Crippen molar-refractivity contribution in [3.63, 3.8) is 0 Å². The summed E-state index contributed by atoms with van der Waals surface area (Å²) < 4.78 is 6.15. The summed E-state index contributed by atoms with van der Waals surface area (Å²) in [6.45, 7) is 0.457. The quantitative estimate of drug-likeness (QED) is 0.761. The molecule has 1 N–H and O–H groups in total. The average molecular weight is 448 g/mol. The Morgan fingerprint density at radius 3 is 2.63 bits per heavy atom. The molecule has 1 aliphatic heterocycles. The maximum atomic E-state index is 13.5. The molecule has 2 amide bonds. The van der Waals surface area contributed by atoms with E-state index in [-0.39, 0.29) is 25.0 Å². The third kappa shape index (κ3) is 4.17. The van der Waals surface area contributed by atoms with Crippen molar-refractivity contribution in [1.29, 1.82) is 0 Å². The molecule has 0 unspecified atom stereocenters. The van der Waals surface area contributed by atoms with Crippen LogP contribution >= 0.6 is 23.2 Å². The van der Waals surface area contributed by atoms with Gasteiger partial charge in [0.05, 0.1) is 28.9 Å². The fourth-order valence-electron chi connectivity index (χ4n) is 4.24. The van der Waals surface area contributed by atoms with Crippen LogP contribution in [0.3, 0.4) is 0 Å². The molecule has 0 bridgehead atoms. The Hall–Kier alpha value is -2.15. The second-order valence-electron chi connectivity index (χ2n) is 7.68. The minimum atomic E-state index is -0.756. The van der Waals surface area contributed by atoms with Crippen molar-refractivity contribution < 1.29 is 14.3 Å². The molecule has 1 spiro atoms. The maximum absolute atomic E-state index is 13.5. The van der Waals surface area contributed by atoms with E-state index in [4.69, 9.17) is 27.9 Å². The molecule has 6 nitrogen and oxygen atoms in total. The van der Waals surface area contributed by atoms with Gasteiger partial charge in [-0.15, -0.1) is 0 Å². The van der Waals surface area contributed by atoms with Crippen LogP contribution < -0.4 is 5.32 Å². The predicted molar refractivity (Wildman–Crippen MR) is 114 cm³/mol. The van der Waals surface area contributed by atoms with Gasteiger partial charge in [0.25, 0.3) is 5.91 Å². The number of halogens is 2. The van der Waals surface area contributed by atoms with Crippen LogP contribution in [0.5, 0.6) is 0 Å². The molecule has 1 saturated carbocycles. The highest BCUT2D eigenvalue weighted by Gasteiger charge is 2.52. The highest BCUT2D eigenvalue weighted by Crippen LogP contribution is 2.41. The molecule has 0 radical (unpaired) electrons. The van der Waals surface area contributed by atoms with Crippen LogP contribution in [0, 0.1) is 0 Å². The molecule has 1 atom stereocenters. The summed E-state index contributed by atoms with van der Waals surface area (Å²) in [5, 5.41) is 3.58. The van der Waals surface area contributed by atoms with Gasteiger partial charge >= 0.3 is 0 Å². The summed E-state index contributed by atoms with van der Waals surface area (Å²) >= 11 is 12.2. The van der Waals surface area contributed by atoms with E-state index < -0.39 is 11.8 Å². The second-order valence-corrected chi connectivity index (χ2v) is 8.49. The zero-order valence-corrected chi connectivity index (χ0v) is 18.0. The standard InChI is InChI=1S/C22H23Cl2N3O3/c23-17-8-7-15(12-18(17)24)21(29)27-19(14-30-22(27)9-3-1-4-10-22)20(28)26-13-16-6-2-5-11-25-16/h2,5-8,11-12,19H,1,3-4,9-10,13-14H2,(H,26,28)/t19-/m1/s1. The number of pyridine rings is 1. The summed E-state index contributed by atoms with van der Waals surface area (Å²) in [6, 6.07) is 9.59. The summed E-state index contributed by atoms with van der Waals surface area (Å²) in [7, 11) is 0. The first kappa shape index (κ1) is 21.1. The van der Waals surface area contributed by atoms with E-state index in [0.29, 0.717) is 28.5 Å². The van der Waals surface area contributed by atoms with Crippen molar-refractivity contribution in [3.05, 3.63) is 63.9 Å². The molecule has 30 heavy (non-hydrogen) atoms. The largest absolute Gasteiger partial charge is 0.353 e. The summed E-state index contributed by atoms with van der Waals surface area (Å²) in [6.07, 6.45) is 6.10. The molecule has 4 rings (SSSR count). The van der Waals surface area contributed by atoms with Crippen molar-refractivity contribution >= 4 is 35.0 Å². The third-order valence-corrected chi connectivity index (χ3v) is 6.49. The Morgan fingerprint density at radius 2 is 1.93 bits per heavy atom. The van der Waals surface area contributed by atoms with Crippen molar-refractivity contribution in [2.45, 2.75) is 50.4 Å². The molecule has 158 valence electrons. The van der Waals surface area contributed by atoms with Crippen LogP contribution in [0.4, 0.5) is 0 Å². The minimum Gasteiger partial charge on any atom is -0.353 e. The lowest BCUT2D eigenvalue weighted by Gasteiger charge is -2.41. The van der Waals surface area contributed by atoms with Crippen LogP contribution in [0.25, 0.3) is 0 Å². The van der Waals surface area contributed by atoms with Gasteiger partial charge in [-0.25, -0.2) is 0 Å². The number of hydrogen-bond donors (Lipinski definition) is 1.